The fraction of sp³-hybridized carbons (Fsp3) is 0.217. The molecule has 1 aliphatic rings. The SMILES string of the molecule is CC(=O)Oc1ccc(/C=C2/N=C(c3ccc(NC(=O)OC(C)(C)C)cc3)OC2=O)cc1. The van der Waals surface area contributed by atoms with E-state index in [0.29, 0.717) is 22.6 Å². The summed E-state index contributed by atoms with van der Waals surface area (Å²) in [5, 5.41) is 2.63. The monoisotopic (exact) mass is 422 g/mol. The highest BCUT2D eigenvalue weighted by Crippen LogP contribution is 2.22. The van der Waals surface area contributed by atoms with Crippen molar-refractivity contribution in [2.24, 2.45) is 4.99 Å². The maximum atomic E-state index is 12.2. The number of esters is 2. The summed E-state index contributed by atoms with van der Waals surface area (Å²) in [7, 11) is 0. The molecule has 0 saturated carbocycles. The van der Waals surface area contributed by atoms with Crippen molar-refractivity contribution in [3.63, 3.8) is 0 Å². The molecule has 0 aromatic heterocycles. The van der Waals surface area contributed by atoms with Crippen molar-refractivity contribution in [2.75, 3.05) is 5.32 Å². The quantitative estimate of drug-likeness (QED) is 0.448. The minimum absolute atomic E-state index is 0.145. The Balaban J connectivity index is 1.70. The Morgan fingerprint density at radius 1 is 1.03 bits per heavy atom. The number of anilines is 1. The van der Waals surface area contributed by atoms with Gasteiger partial charge in [0.25, 0.3) is 0 Å². The number of amides is 1. The minimum Gasteiger partial charge on any atom is -0.444 e. The highest BCUT2D eigenvalue weighted by Gasteiger charge is 2.24. The fourth-order valence-corrected chi connectivity index (χ4v) is 2.61. The number of carbonyl (C=O) groups is 3. The van der Waals surface area contributed by atoms with Crippen molar-refractivity contribution in [3.05, 3.63) is 65.4 Å². The van der Waals surface area contributed by atoms with Crippen LogP contribution in [-0.2, 0) is 19.1 Å². The van der Waals surface area contributed by atoms with Crippen LogP contribution in [0.3, 0.4) is 0 Å². The molecule has 0 aliphatic carbocycles. The molecule has 8 heteroatoms. The molecule has 0 bridgehead atoms. The zero-order chi connectivity index (χ0) is 22.6. The molecule has 1 N–H and O–H groups in total. The smallest absolute Gasteiger partial charge is 0.412 e. The van der Waals surface area contributed by atoms with Gasteiger partial charge in [-0.3, -0.25) is 10.1 Å². The molecule has 2 aromatic carbocycles. The van der Waals surface area contributed by atoms with Gasteiger partial charge in [0.05, 0.1) is 0 Å². The van der Waals surface area contributed by atoms with Crippen molar-refractivity contribution in [2.45, 2.75) is 33.3 Å². The topological polar surface area (TPSA) is 103 Å². The van der Waals surface area contributed by atoms with E-state index < -0.39 is 23.6 Å². The first-order valence-electron chi connectivity index (χ1n) is 9.50. The molecule has 0 radical (unpaired) electrons. The first kappa shape index (κ1) is 21.8. The predicted molar refractivity (Wildman–Crippen MR) is 115 cm³/mol. The summed E-state index contributed by atoms with van der Waals surface area (Å²) in [5.74, 6) is -0.411. The lowest BCUT2D eigenvalue weighted by atomic mass is 10.2. The lowest BCUT2D eigenvalue weighted by Crippen LogP contribution is -2.27. The maximum absolute atomic E-state index is 12.2. The molecular formula is C23H22N2O6. The van der Waals surface area contributed by atoms with Crippen LogP contribution < -0.4 is 10.1 Å². The van der Waals surface area contributed by atoms with Gasteiger partial charge >= 0.3 is 18.0 Å². The summed E-state index contributed by atoms with van der Waals surface area (Å²) in [5.41, 5.74) is 1.36. The number of benzene rings is 2. The normalized spacial score (nSPS) is 14.6. The van der Waals surface area contributed by atoms with E-state index in [0.717, 1.165) is 0 Å². The van der Waals surface area contributed by atoms with Crippen LogP contribution in [-0.4, -0.2) is 29.5 Å². The highest BCUT2D eigenvalue weighted by molar-refractivity contribution is 6.13. The van der Waals surface area contributed by atoms with Gasteiger partial charge in [0.15, 0.2) is 5.70 Å². The van der Waals surface area contributed by atoms with Crippen LogP contribution in [0.15, 0.2) is 59.2 Å². The number of carbonyl (C=O) groups excluding carboxylic acids is 3. The first-order chi connectivity index (χ1) is 14.6. The molecule has 0 atom stereocenters. The average Bonchev–Trinajstić information content (AvgIpc) is 3.02. The van der Waals surface area contributed by atoms with E-state index in [1.54, 1.807) is 75.4 Å². The Morgan fingerprint density at radius 2 is 1.68 bits per heavy atom. The van der Waals surface area contributed by atoms with Gasteiger partial charge in [-0.25, -0.2) is 14.6 Å². The molecule has 8 nitrogen and oxygen atoms in total. The summed E-state index contributed by atoms with van der Waals surface area (Å²) < 4.78 is 15.4. The molecule has 0 spiro atoms. The summed E-state index contributed by atoms with van der Waals surface area (Å²) in [6, 6.07) is 13.3. The Labute approximate surface area is 179 Å². The molecule has 1 heterocycles. The van der Waals surface area contributed by atoms with Gasteiger partial charge in [0.1, 0.15) is 11.4 Å². The molecule has 1 aliphatic heterocycles. The lowest BCUT2D eigenvalue weighted by Gasteiger charge is -2.19. The zero-order valence-corrected chi connectivity index (χ0v) is 17.6. The largest absolute Gasteiger partial charge is 0.444 e. The van der Waals surface area contributed by atoms with Crippen LogP contribution in [0.4, 0.5) is 10.5 Å². The number of nitrogens with one attached hydrogen (secondary N) is 1. The van der Waals surface area contributed by atoms with E-state index in [-0.39, 0.29) is 11.6 Å². The number of hydrogen-bond donors (Lipinski definition) is 1. The van der Waals surface area contributed by atoms with Crippen LogP contribution in [0, 0.1) is 0 Å². The lowest BCUT2D eigenvalue weighted by molar-refractivity contribution is -0.132. The third-order valence-electron chi connectivity index (χ3n) is 3.84. The van der Waals surface area contributed by atoms with Gasteiger partial charge in [0.2, 0.25) is 5.90 Å². The Hall–Kier alpha value is -3.94. The zero-order valence-electron chi connectivity index (χ0n) is 17.6. The van der Waals surface area contributed by atoms with Crippen LogP contribution in [0.25, 0.3) is 6.08 Å². The third-order valence-corrected chi connectivity index (χ3v) is 3.84. The third kappa shape index (κ3) is 6.27. The Bertz CT molecular complexity index is 1060. The van der Waals surface area contributed by atoms with Crippen LogP contribution in [0.2, 0.25) is 0 Å². The molecular weight excluding hydrogens is 400 g/mol. The molecule has 0 fully saturated rings. The van der Waals surface area contributed by atoms with Crippen LogP contribution >= 0.6 is 0 Å². The van der Waals surface area contributed by atoms with E-state index >= 15 is 0 Å². The van der Waals surface area contributed by atoms with Gasteiger partial charge in [0, 0.05) is 18.2 Å². The number of nitrogens with zero attached hydrogens (tertiary/aromatic N) is 1. The van der Waals surface area contributed by atoms with Crippen molar-refractivity contribution in [1.82, 2.24) is 0 Å². The second-order valence-corrected chi connectivity index (χ2v) is 7.70. The van der Waals surface area contributed by atoms with E-state index in [4.69, 9.17) is 14.2 Å². The molecule has 0 saturated heterocycles. The van der Waals surface area contributed by atoms with Crippen LogP contribution in [0.1, 0.15) is 38.8 Å². The fourth-order valence-electron chi connectivity index (χ4n) is 2.61. The Morgan fingerprint density at radius 3 is 2.26 bits per heavy atom. The number of cyclic esters (lactones) is 1. The summed E-state index contributed by atoms with van der Waals surface area (Å²) in [6.45, 7) is 6.66. The number of rotatable bonds is 4. The van der Waals surface area contributed by atoms with E-state index in [1.807, 2.05) is 0 Å². The molecule has 31 heavy (non-hydrogen) atoms. The summed E-state index contributed by atoms with van der Waals surface area (Å²) in [6.07, 6.45) is 1.01. The van der Waals surface area contributed by atoms with Gasteiger partial charge in [-0.15, -0.1) is 0 Å². The molecule has 1 amide bonds. The van der Waals surface area contributed by atoms with Crippen LogP contribution in [0.5, 0.6) is 5.75 Å². The van der Waals surface area contributed by atoms with Gasteiger partial charge in [-0.1, -0.05) is 12.1 Å². The maximum Gasteiger partial charge on any atom is 0.412 e. The number of hydrogen-bond acceptors (Lipinski definition) is 7. The second kappa shape index (κ2) is 8.83. The molecule has 2 aromatic rings. The molecule has 3 rings (SSSR count). The van der Waals surface area contributed by atoms with Crippen molar-refractivity contribution < 1.29 is 28.6 Å². The minimum atomic E-state index is -0.597. The van der Waals surface area contributed by atoms with E-state index in [9.17, 15) is 14.4 Å². The second-order valence-electron chi connectivity index (χ2n) is 7.70. The standard InChI is InChI=1S/C23H22N2O6/c1-14(26)29-18-11-5-15(6-12-18)13-19-21(27)30-20(25-19)16-7-9-17(10-8-16)24-22(28)31-23(2,3)4/h5-13H,1-4H3,(H,24,28)/b19-13+. The summed E-state index contributed by atoms with van der Waals surface area (Å²) >= 11 is 0. The van der Waals surface area contributed by atoms with Crippen molar-refractivity contribution >= 4 is 35.7 Å². The van der Waals surface area contributed by atoms with E-state index in [2.05, 4.69) is 10.3 Å². The van der Waals surface area contributed by atoms with Crippen molar-refractivity contribution in [3.8, 4) is 5.75 Å². The predicted octanol–water partition coefficient (Wildman–Crippen LogP) is 4.30. The van der Waals surface area contributed by atoms with Gasteiger partial charge in [-0.2, -0.15) is 0 Å². The van der Waals surface area contributed by atoms with Gasteiger partial charge < -0.3 is 14.2 Å². The molecule has 160 valence electrons. The Kier molecular flexibility index (Phi) is 6.20. The average molecular weight is 422 g/mol. The summed E-state index contributed by atoms with van der Waals surface area (Å²) in [4.78, 5) is 39.2. The van der Waals surface area contributed by atoms with E-state index in [1.165, 1.54) is 6.92 Å². The number of aliphatic imine (C=N–C) groups is 1. The highest BCUT2D eigenvalue weighted by atomic mass is 16.6. The van der Waals surface area contributed by atoms with Gasteiger partial charge in [-0.05, 0) is 68.8 Å². The first-order valence-corrected chi connectivity index (χ1v) is 9.50. The number of ether oxygens (including phenoxy) is 3. The molecule has 0 unspecified atom stereocenters. The van der Waals surface area contributed by atoms with Crippen molar-refractivity contribution in [1.29, 1.82) is 0 Å².